The molecule has 0 atom stereocenters. The second kappa shape index (κ2) is 4.97. The van der Waals surface area contributed by atoms with Crippen molar-refractivity contribution in [3.8, 4) is 0 Å². The molecule has 0 aliphatic rings. The van der Waals surface area contributed by atoms with Gasteiger partial charge in [-0.05, 0) is 32.9 Å². The topological polar surface area (TPSA) is 68.0 Å². The van der Waals surface area contributed by atoms with E-state index in [9.17, 15) is 4.79 Å². The van der Waals surface area contributed by atoms with Crippen molar-refractivity contribution in [2.24, 2.45) is 5.73 Å². The number of nitrogens with two attached hydrogens (primary N) is 1. The van der Waals surface area contributed by atoms with E-state index in [1.54, 1.807) is 0 Å². The Bertz CT molecular complexity index is 614. The molecule has 100 valence electrons. The van der Waals surface area contributed by atoms with Crippen LogP contribution in [-0.4, -0.2) is 16.4 Å². The largest absolute Gasteiger partial charge is 0.325 e. The van der Waals surface area contributed by atoms with Gasteiger partial charge in [0.05, 0.1) is 11.2 Å². The number of anilines is 1. The molecule has 0 saturated carbocycles. The van der Waals surface area contributed by atoms with Gasteiger partial charge in [-0.25, -0.2) is 0 Å². The molecule has 0 aliphatic heterocycles. The Morgan fingerprint density at radius 1 is 1.32 bits per heavy atom. The first-order valence-electron chi connectivity index (χ1n) is 6.30. The minimum absolute atomic E-state index is 0.0942. The van der Waals surface area contributed by atoms with Crippen LogP contribution >= 0.6 is 0 Å². The Morgan fingerprint density at radius 3 is 2.74 bits per heavy atom. The summed E-state index contributed by atoms with van der Waals surface area (Å²) in [5, 5.41) is 3.90. The van der Waals surface area contributed by atoms with E-state index in [2.05, 4.69) is 10.3 Å². The van der Waals surface area contributed by atoms with E-state index in [4.69, 9.17) is 5.73 Å². The van der Waals surface area contributed by atoms with E-state index in [0.29, 0.717) is 0 Å². The molecule has 1 amide bonds. The van der Waals surface area contributed by atoms with E-state index >= 15 is 0 Å². The van der Waals surface area contributed by atoms with E-state index in [1.165, 1.54) is 0 Å². The quantitative estimate of drug-likeness (QED) is 0.888. The lowest BCUT2D eigenvalue weighted by molar-refractivity contribution is -0.117. The van der Waals surface area contributed by atoms with Crippen molar-refractivity contribution in [2.45, 2.75) is 32.7 Å². The molecule has 0 spiro atoms. The molecule has 0 fully saturated rings. The second-order valence-electron chi connectivity index (χ2n) is 5.54. The van der Waals surface area contributed by atoms with Gasteiger partial charge < -0.3 is 11.1 Å². The molecule has 1 heterocycles. The molecule has 0 saturated heterocycles. The molecule has 4 nitrogen and oxygen atoms in total. The summed E-state index contributed by atoms with van der Waals surface area (Å²) >= 11 is 0. The summed E-state index contributed by atoms with van der Waals surface area (Å²) in [4.78, 5) is 16.4. The van der Waals surface area contributed by atoms with Gasteiger partial charge in [0.1, 0.15) is 0 Å². The van der Waals surface area contributed by atoms with Crippen molar-refractivity contribution in [2.75, 3.05) is 5.32 Å². The standard InChI is InChI=1S/C15H19N3O/c1-10-7-8-11-5-4-6-12(14(11)17-10)18-13(19)9-15(2,3)16/h4-8H,9,16H2,1-3H3,(H,18,19). The lowest BCUT2D eigenvalue weighted by Gasteiger charge is -2.18. The Kier molecular flexibility index (Phi) is 3.53. The van der Waals surface area contributed by atoms with Gasteiger partial charge in [0.2, 0.25) is 5.91 Å². The van der Waals surface area contributed by atoms with Crippen molar-refractivity contribution in [3.05, 3.63) is 36.0 Å². The maximum atomic E-state index is 11.9. The summed E-state index contributed by atoms with van der Waals surface area (Å²) in [5.74, 6) is -0.0942. The summed E-state index contributed by atoms with van der Waals surface area (Å²) in [5.41, 5.74) is 7.80. The Balaban J connectivity index is 2.30. The zero-order valence-corrected chi connectivity index (χ0v) is 11.5. The summed E-state index contributed by atoms with van der Waals surface area (Å²) in [6, 6.07) is 9.69. The van der Waals surface area contributed by atoms with E-state index in [0.717, 1.165) is 22.3 Å². The summed E-state index contributed by atoms with van der Waals surface area (Å²) < 4.78 is 0. The van der Waals surface area contributed by atoms with Gasteiger partial charge in [-0.3, -0.25) is 9.78 Å². The minimum atomic E-state index is -0.516. The van der Waals surface area contributed by atoms with Crippen molar-refractivity contribution in [3.63, 3.8) is 0 Å². The molecule has 3 N–H and O–H groups in total. The van der Waals surface area contributed by atoms with E-state index < -0.39 is 5.54 Å². The van der Waals surface area contributed by atoms with Crippen LogP contribution in [0.5, 0.6) is 0 Å². The Labute approximate surface area is 113 Å². The van der Waals surface area contributed by atoms with Crippen LogP contribution in [0.4, 0.5) is 5.69 Å². The fourth-order valence-corrected chi connectivity index (χ4v) is 1.95. The highest BCUT2D eigenvalue weighted by Gasteiger charge is 2.17. The number of hydrogen-bond donors (Lipinski definition) is 2. The summed E-state index contributed by atoms with van der Waals surface area (Å²) in [6.45, 7) is 5.59. The van der Waals surface area contributed by atoms with E-state index in [1.807, 2.05) is 51.1 Å². The van der Waals surface area contributed by atoms with Gasteiger partial charge in [-0.15, -0.1) is 0 Å². The number of amides is 1. The first-order chi connectivity index (χ1) is 8.85. The smallest absolute Gasteiger partial charge is 0.226 e. The molecule has 2 aromatic rings. The highest BCUT2D eigenvalue weighted by molar-refractivity contribution is 6.00. The lowest BCUT2D eigenvalue weighted by atomic mass is 10.0. The fraction of sp³-hybridized carbons (Fsp3) is 0.333. The number of carbonyl (C=O) groups excluding carboxylic acids is 1. The van der Waals surface area contributed by atoms with Crippen LogP contribution in [0, 0.1) is 6.92 Å². The van der Waals surface area contributed by atoms with Gasteiger partial charge >= 0.3 is 0 Å². The zero-order chi connectivity index (χ0) is 14.0. The van der Waals surface area contributed by atoms with E-state index in [-0.39, 0.29) is 12.3 Å². The van der Waals surface area contributed by atoms with Gasteiger partial charge in [0, 0.05) is 23.0 Å². The number of aryl methyl sites for hydroxylation is 1. The number of rotatable bonds is 3. The summed E-state index contributed by atoms with van der Waals surface area (Å²) in [7, 11) is 0. The molecule has 2 rings (SSSR count). The average Bonchev–Trinajstić information content (AvgIpc) is 2.27. The van der Waals surface area contributed by atoms with Crippen LogP contribution in [0.1, 0.15) is 26.0 Å². The Morgan fingerprint density at radius 2 is 2.05 bits per heavy atom. The number of para-hydroxylation sites is 1. The maximum absolute atomic E-state index is 11.9. The molecule has 1 aromatic carbocycles. The van der Waals surface area contributed by atoms with Crippen LogP contribution in [0.15, 0.2) is 30.3 Å². The predicted molar refractivity (Wildman–Crippen MR) is 78.0 cm³/mol. The third kappa shape index (κ3) is 3.51. The van der Waals surface area contributed by atoms with Crippen LogP contribution in [0.3, 0.4) is 0 Å². The molecule has 4 heteroatoms. The zero-order valence-electron chi connectivity index (χ0n) is 11.5. The van der Waals surface area contributed by atoms with Crippen LogP contribution in [0.2, 0.25) is 0 Å². The van der Waals surface area contributed by atoms with Gasteiger partial charge in [-0.1, -0.05) is 18.2 Å². The van der Waals surface area contributed by atoms with Gasteiger partial charge in [0.25, 0.3) is 0 Å². The highest BCUT2D eigenvalue weighted by Crippen LogP contribution is 2.22. The number of aromatic nitrogens is 1. The maximum Gasteiger partial charge on any atom is 0.226 e. The Hall–Kier alpha value is -1.94. The molecule has 19 heavy (non-hydrogen) atoms. The number of nitrogens with one attached hydrogen (secondary N) is 1. The monoisotopic (exact) mass is 257 g/mol. The van der Waals surface area contributed by atoms with Crippen molar-refractivity contribution < 1.29 is 4.79 Å². The van der Waals surface area contributed by atoms with Crippen molar-refractivity contribution >= 4 is 22.5 Å². The highest BCUT2D eigenvalue weighted by atomic mass is 16.1. The van der Waals surface area contributed by atoms with Crippen LogP contribution in [-0.2, 0) is 4.79 Å². The SMILES string of the molecule is Cc1ccc2cccc(NC(=O)CC(C)(C)N)c2n1. The summed E-state index contributed by atoms with van der Waals surface area (Å²) in [6.07, 6.45) is 0.273. The van der Waals surface area contributed by atoms with Gasteiger partial charge in [0.15, 0.2) is 0 Å². The van der Waals surface area contributed by atoms with Crippen molar-refractivity contribution in [1.29, 1.82) is 0 Å². The van der Waals surface area contributed by atoms with Gasteiger partial charge in [-0.2, -0.15) is 0 Å². The number of fused-ring (bicyclic) bond motifs is 1. The number of hydrogen-bond acceptors (Lipinski definition) is 3. The lowest BCUT2D eigenvalue weighted by Crippen LogP contribution is -2.36. The molecule has 0 bridgehead atoms. The number of pyridine rings is 1. The number of benzene rings is 1. The molecular weight excluding hydrogens is 238 g/mol. The third-order valence-electron chi connectivity index (χ3n) is 2.75. The molecule has 0 radical (unpaired) electrons. The molecule has 1 aromatic heterocycles. The fourth-order valence-electron chi connectivity index (χ4n) is 1.95. The first kappa shape index (κ1) is 13.5. The average molecular weight is 257 g/mol. The first-order valence-corrected chi connectivity index (χ1v) is 6.30. The van der Waals surface area contributed by atoms with Crippen molar-refractivity contribution in [1.82, 2.24) is 4.98 Å². The second-order valence-corrected chi connectivity index (χ2v) is 5.54. The minimum Gasteiger partial charge on any atom is -0.325 e. The molecular formula is C15H19N3O. The predicted octanol–water partition coefficient (Wildman–Crippen LogP) is 2.61. The number of nitrogens with zero attached hydrogens (tertiary/aromatic N) is 1. The van der Waals surface area contributed by atoms with Crippen LogP contribution < -0.4 is 11.1 Å². The molecule has 0 unspecified atom stereocenters. The normalized spacial score (nSPS) is 11.6. The third-order valence-corrected chi connectivity index (χ3v) is 2.75. The van der Waals surface area contributed by atoms with Crippen LogP contribution in [0.25, 0.3) is 10.9 Å². The molecule has 0 aliphatic carbocycles. The number of carbonyl (C=O) groups is 1.